The van der Waals surface area contributed by atoms with E-state index in [1.54, 1.807) is 38.3 Å². The van der Waals surface area contributed by atoms with Gasteiger partial charge in [-0.3, -0.25) is 4.79 Å². The quantitative estimate of drug-likeness (QED) is 0.489. The lowest BCUT2D eigenvalue weighted by molar-refractivity contribution is -0.116. The van der Waals surface area contributed by atoms with Crippen LogP contribution in [0, 0.1) is 6.92 Å². The summed E-state index contributed by atoms with van der Waals surface area (Å²) in [7, 11) is 4.07. The molecule has 0 bridgehead atoms. The molecule has 0 atom stereocenters. The molecule has 0 fully saturated rings. The number of thiophene rings is 1. The van der Waals surface area contributed by atoms with Crippen LogP contribution >= 0.6 is 11.3 Å². The SMILES string of the molecule is COC(=O)c1sc(NC(=O)CCCOc2ccc(OC)cc2)c(C(=O)OC)c1C. The van der Waals surface area contributed by atoms with Crippen LogP contribution in [0.4, 0.5) is 5.00 Å². The first-order valence-electron chi connectivity index (χ1n) is 8.78. The van der Waals surface area contributed by atoms with Crippen LogP contribution in [0.25, 0.3) is 0 Å². The highest BCUT2D eigenvalue weighted by molar-refractivity contribution is 7.18. The maximum Gasteiger partial charge on any atom is 0.348 e. The van der Waals surface area contributed by atoms with E-state index in [0.717, 1.165) is 17.1 Å². The minimum Gasteiger partial charge on any atom is -0.497 e. The molecule has 0 aliphatic heterocycles. The number of esters is 2. The molecule has 1 aromatic heterocycles. The van der Waals surface area contributed by atoms with Crippen molar-refractivity contribution in [1.29, 1.82) is 0 Å². The second kappa shape index (κ2) is 10.5. The van der Waals surface area contributed by atoms with Crippen LogP contribution in [-0.4, -0.2) is 45.8 Å². The van der Waals surface area contributed by atoms with Gasteiger partial charge < -0.3 is 24.3 Å². The zero-order valence-corrected chi connectivity index (χ0v) is 17.5. The van der Waals surface area contributed by atoms with Crippen LogP contribution in [0.2, 0.25) is 0 Å². The molecule has 0 saturated carbocycles. The number of rotatable bonds is 9. The van der Waals surface area contributed by atoms with Gasteiger partial charge in [0.25, 0.3) is 0 Å². The Morgan fingerprint density at radius 1 is 0.966 bits per heavy atom. The molecular formula is C20H23NO7S. The molecular weight excluding hydrogens is 398 g/mol. The number of benzene rings is 1. The van der Waals surface area contributed by atoms with E-state index in [-0.39, 0.29) is 27.8 Å². The summed E-state index contributed by atoms with van der Waals surface area (Å²) in [5.74, 6) is -0.101. The lowest BCUT2D eigenvalue weighted by Crippen LogP contribution is -2.15. The molecule has 156 valence electrons. The lowest BCUT2D eigenvalue weighted by atomic mass is 10.1. The Hall–Kier alpha value is -3.07. The van der Waals surface area contributed by atoms with Crippen LogP contribution in [0.3, 0.4) is 0 Å². The van der Waals surface area contributed by atoms with Crippen molar-refractivity contribution >= 4 is 34.2 Å². The summed E-state index contributed by atoms with van der Waals surface area (Å²) in [6.07, 6.45) is 0.654. The smallest absolute Gasteiger partial charge is 0.348 e. The maximum atomic E-state index is 12.3. The fourth-order valence-corrected chi connectivity index (χ4v) is 3.65. The first-order chi connectivity index (χ1) is 13.9. The third-order valence-electron chi connectivity index (χ3n) is 4.04. The van der Waals surface area contributed by atoms with Gasteiger partial charge in [0.2, 0.25) is 5.91 Å². The van der Waals surface area contributed by atoms with Gasteiger partial charge in [-0.2, -0.15) is 0 Å². The minimum absolute atomic E-state index is 0.153. The van der Waals surface area contributed by atoms with Gasteiger partial charge in [-0.1, -0.05) is 0 Å². The van der Waals surface area contributed by atoms with Crippen LogP contribution in [0.1, 0.15) is 38.4 Å². The summed E-state index contributed by atoms with van der Waals surface area (Å²) in [6, 6.07) is 7.14. The van der Waals surface area contributed by atoms with Crippen molar-refractivity contribution < 1.29 is 33.3 Å². The van der Waals surface area contributed by atoms with E-state index in [1.807, 2.05) is 0 Å². The van der Waals surface area contributed by atoms with Crippen molar-refractivity contribution in [2.24, 2.45) is 0 Å². The third kappa shape index (κ3) is 5.71. The third-order valence-corrected chi connectivity index (χ3v) is 5.22. The van der Waals surface area contributed by atoms with Gasteiger partial charge in [-0.25, -0.2) is 9.59 Å². The molecule has 9 heteroatoms. The first kappa shape index (κ1) is 22.2. The molecule has 1 heterocycles. The lowest BCUT2D eigenvalue weighted by Gasteiger charge is -2.08. The largest absolute Gasteiger partial charge is 0.497 e. The number of ether oxygens (including phenoxy) is 4. The number of nitrogens with one attached hydrogen (secondary N) is 1. The average molecular weight is 421 g/mol. The summed E-state index contributed by atoms with van der Waals surface area (Å²) >= 11 is 0.980. The summed E-state index contributed by atoms with van der Waals surface area (Å²) in [5.41, 5.74) is 0.563. The summed E-state index contributed by atoms with van der Waals surface area (Å²) in [4.78, 5) is 36.5. The predicted molar refractivity (Wildman–Crippen MR) is 108 cm³/mol. The van der Waals surface area contributed by atoms with Crippen LogP contribution < -0.4 is 14.8 Å². The molecule has 2 aromatic rings. The minimum atomic E-state index is -0.632. The fraction of sp³-hybridized carbons (Fsp3) is 0.350. The van der Waals surface area contributed by atoms with Crippen molar-refractivity contribution in [3.63, 3.8) is 0 Å². The van der Waals surface area contributed by atoms with Gasteiger partial charge in [-0.15, -0.1) is 11.3 Å². The van der Waals surface area contributed by atoms with Crippen molar-refractivity contribution in [3.8, 4) is 11.5 Å². The maximum absolute atomic E-state index is 12.3. The highest BCUT2D eigenvalue weighted by Gasteiger charge is 2.26. The number of amides is 1. The molecule has 0 unspecified atom stereocenters. The van der Waals surface area contributed by atoms with Gasteiger partial charge in [0.1, 0.15) is 21.4 Å². The van der Waals surface area contributed by atoms with Gasteiger partial charge in [0.15, 0.2) is 0 Å². The Balaban J connectivity index is 1.95. The highest BCUT2D eigenvalue weighted by atomic mass is 32.1. The van der Waals surface area contributed by atoms with E-state index in [9.17, 15) is 14.4 Å². The molecule has 1 N–H and O–H groups in total. The van der Waals surface area contributed by atoms with E-state index in [1.165, 1.54) is 14.2 Å². The van der Waals surface area contributed by atoms with Gasteiger partial charge in [-0.05, 0) is 43.2 Å². The zero-order valence-electron chi connectivity index (χ0n) is 16.7. The monoisotopic (exact) mass is 421 g/mol. The van der Waals surface area contributed by atoms with Gasteiger partial charge in [0.05, 0.1) is 33.5 Å². The Morgan fingerprint density at radius 2 is 1.59 bits per heavy atom. The molecule has 0 aliphatic carbocycles. The number of hydrogen-bond donors (Lipinski definition) is 1. The topological polar surface area (TPSA) is 100 Å². The normalized spacial score (nSPS) is 10.2. The number of hydrogen-bond acceptors (Lipinski definition) is 8. The summed E-state index contributed by atoms with van der Waals surface area (Å²) < 4.78 is 20.2. The molecule has 2 rings (SSSR count). The van der Waals surface area contributed by atoms with Crippen LogP contribution in [0.5, 0.6) is 11.5 Å². The Morgan fingerprint density at radius 3 is 2.17 bits per heavy atom. The van der Waals surface area contributed by atoms with Crippen molar-refractivity contribution in [1.82, 2.24) is 0 Å². The summed E-state index contributed by atoms with van der Waals surface area (Å²) in [5, 5.41) is 2.94. The number of carbonyl (C=O) groups excluding carboxylic acids is 3. The average Bonchev–Trinajstić information content (AvgIpc) is 3.06. The second-order valence-electron chi connectivity index (χ2n) is 5.92. The van der Waals surface area contributed by atoms with Gasteiger partial charge in [0, 0.05) is 6.42 Å². The molecule has 29 heavy (non-hydrogen) atoms. The van der Waals surface area contributed by atoms with Crippen molar-refractivity contribution in [3.05, 3.63) is 40.3 Å². The van der Waals surface area contributed by atoms with E-state index >= 15 is 0 Å². The van der Waals surface area contributed by atoms with E-state index in [2.05, 4.69) is 5.32 Å². The van der Waals surface area contributed by atoms with Crippen LogP contribution in [-0.2, 0) is 14.3 Å². The number of methoxy groups -OCH3 is 3. The van der Waals surface area contributed by atoms with E-state index in [0.29, 0.717) is 24.3 Å². The molecule has 1 aromatic carbocycles. The zero-order chi connectivity index (χ0) is 21.4. The van der Waals surface area contributed by atoms with E-state index < -0.39 is 11.9 Å². The summed E-state index contributed by atoms with van der Waals surface area (Å²) in [6.45, 7) is 1.95. The first-order valence-corrected chi connectivity index (χ1v) is 9.59. The molecule has 0 radical (unpaired) electrons. The van der Waals surface area contributed by atoms with Crippen LogP contribution in [0.15, 0.2) is 24.3 Å². The Labute approximate surface area is 172 Å². The van der Waals surface area contributed by atoms with E-state index in [4.69, 9.17) is 18.9 Å². The number of anilines is 1. The predicted octanol–water partition coefficient (Wildman–Crippen LogP) is 3.44. The Bertz CT molecular complexity index is 874. The highest BCUT2D eigenvalue weighted by Crippen LogP contribution is 2.34. The number of carbonyl (C=O) groups is 3. The molecule has 8 nitrogen and oxygen atoms in total. The standard InChI is InChI=1S/C20H23NO7S/c1-12-16(19(23)26-3)18(29-17(12)20(24)27-4)21-15(22)6-5-11-28-14-9-7-13(25-2)8-10-14/h7-10H,5-6,11H2,1-4H3,(H,21,22). The van der Waals surface area contributed by atoms with Gasteiger partial charge >= 0.3 is 11.9 Å². The Kier molecular flexibility index (Phi) is 8.02. The molecule has 0 spiro atoms. The molecule has 0 saturated heterocycles. The fourth-order valence-electron chi connectivity index (χ4n) is 2.52. The van der Waals surface area contributed by atoms with Crippen molar-refractivity contribution in [2.75, 3.05) is 33.3 Å². The second-order valence-corrected chi connectivity index (χ2v) is 6.94. The van der Waals surface area contributed by atoms with Crippen molar-refractivity contribution in [2.45, 2.75) is 19.8 Å². The molecule has 1 amide bonds. The molecule has 0 aliphatic rings.